The summed E-state index contributed by atoms with van der Waals surface area (Å²) in [5.74, 6) is 0. The molecule has 0 aliphatic heterocycles. The van der Waals surface area contributed by atoms with Gasteiger partial charge in [0.05, 0.1) is 10.6 Å². The van der Waals surface area contributed by atoms with E-state index in [0.29, 0.717) is 11.4 Å². The van der Waals surface area contributed by atoms with Gasteiger partial charge < -0.3 is 10.6 Å². The van der Waals surface area contributed by atoms with Crippen LogP contribution in [0.5, 0.6) is 0 Å². The van der Waals surface area contributed by atoms with Crippen LogP contribution in [-0.4, -0.2) is 19.0 Å². The highest BCUT2D eigenvalue weighted by Crippen LogP contribution is 2.34. The van der Waals surface area contributed by atoms with E-state index in [1.807, 2.05) is 0 Å². The topological polar surface area (TPSA) is 67.2 Å². The molecular formula is C8H10ClN3O2. The lowest BCUT2D eigenvalue weighted by Crippen LogP contribution is -1.97. The van der Waals surface area contributed by atoms with Crippen LogP contribution in [0.4, 0.5) is 17.1 Å². The number of rotatable bonds is 3. The highest BCUT2D eigenvalue weighted by molar-refractivity contribution is 6.35. The van der Waals surface area contributed by atoms with Crippen molar-refractivity contribution >= 4 is 28.7 Å². The first-order valence-electron chi connectivity index (χ1n) is 3.93. The maximum Gasteiger partial charge on any atom is 0.292 e. The zero-order chi connectivity index (χ0) is 10.7. The Labute approximate surface area is 86.2 Å². The Morgan fingerprint density at radius 3 is 2.43 bits per heavy atom. The first-order valence-corrected chi connectivity index (χ1v) is 4.31. The van der Waals surface area contributed by atoms with E-state index in [2.05, 4.69) is 10.6 Å². The Balaban J connectivity index is 3.34. The Kier molecular flexibility index (Phi) is 3.14. The fourth-order valence-corrected chi connectivity index (χ4v) is 1.34. The van der Waals surface area contributed by atoms with Crippen molar-refractivity contribution in [1.82, 2.24) is 0 Å². The van der Waals surface area contributed by atoms with E-state index >= 15 is 0 Å². The summed E-state index contributed by atoms with van der Waals surface area (Å²) in [6.07, 6.45) is 0. The van der Waals surface area contributed by atoms with Gasteiger partial charge in [0.1, 0.15) is 5.02 Å². The second kappa shape index (κ2) is 4.15. The monoisotopic (exact) mass is 215 g/mol. The smallest absolute Gasteiger partial charge is 0.292 e. The molecule has 5 nitrogen and oxygen atoms in total. The molecule has 0 atom stereocenters. The fourth-order valence-electron chi connectivity index (χ4n) is 1.07. The van der Waals surface area contributed by atoms with Gasteiger partial charge in [-0.15, -0.1) is 0 Å². The van der Waals surface area contributed by atoms with Crippen molar-refractivity contribution in [3.05, 3.63) is 27.3 Å². The van der Waals surface area contributed by atoms with Crippen molar-refractivity contribution in [1.29, 1.82) is 0 Å². The Hall–Kier alpha value is -1.49. The average Bonchev–Trinajstić information content (AvgIpc) is 2.17. The quantitative estimate of drug-likeness (QED) is 0.600. The van der Waals surface area contributed by atoms with E-state index in [-0.39, 0.29) is 10.7 Å². The molecule has 1 aromatic rings. The number of halogens is 1. The van der Waals surface area contributed by atoms with Crippen LogP contribution in [0.15, 0.2) is 12.1 Å². The SMILES string of the molecule is CNc1cc(NC)c(Cl)c([N+](=O)[O-])c1. The van der Waals surface area contributed by atoms with Crippen molar-refractivity contribution in [3.8, 4) is 0 Å². The van der Waals surface area contributed by atoms with Crippen LogP contribution in [-0.2, 0) is 0 Å². The zero-order valence-electron chi connectivity index (χ0n) is 7.80. The molecule has 0 aliphatic rings. The predicted octanol–water partition coefficient (Wildman–Crippen LogP) is 2.33. The summed E-state index contributed by atoms with van der Waals surface area (Å²) in [4.78, 5) is 10.1. The summed E-state index contributed by atoms with van der Waals surface area (Å²) in [6, 6.07) is 3.10. The van der Waals surface area contributed by atoms with Crippen LogP contribution in [0, 0.1) is 10.1 Å². The Morgan fingerprint density at radius 1 is 1.36 bits per heavy atom. The van der Waals surface area contributed by atoms with Crippen LogP contribution in [0.1, 0.15) is 0 Å². The van der Waals surface area contributed by atoms with E-state index in [0.717, 1.165) is 0 Å². The maximum atomic E-state index is 10.6. The molecule has 0 radical (unpaired) electrons. The molecular weight excluding hydrogens is 206 g/mol. The van der Waals surface area contributed by atoms with Crippen molar-refractivity contribution < 1.29 is 4.92 Å². The molecule has 6 heteroatoms. The van der Waals surface area contributed by atoms with Crippen LogP contribution >= 0.6 is 11.6 Å². The number of nitro benzene ring substituents is 1. The number of hydrogen-bond donors (Lipinski definition) is 2. The summed E-state index contributed by atoms with van der Waals surface area (Å²) in [5, 5.41) is 16.4. The van der Waals surface area contributed by atoms with Gasteiger partial charge in [0.2, 0.25) is 0 Å². The summed E-state index contributed by atoms with van der Waals surface area (Å²) < 4.78 is 0. The molecule has 0 spiro atoms. The summed E-state index contributed by atoms with van der Waals surface area (Å²) in [7, 11) is 3.34. The minimum Gasteiger partial charge on any atom is -0.388 e. The molecule has 1 rings (SSSR count). The lowest BCUT2D eigenvalue weighted by atomic mass is 10.2. The van der Waals surface area contributed by atoms with Gasteiger partial charge in [-0.05, 0) is 6.07 Å². The van der Waals surface area contributed by atoms with Crippen LogP contribution in [0.3, 0.4) is 0 Å². The molecule has 0 fully saturated rings. The molecule has 1 aromatic carbocycles. The number of nitro groups is 1. The van der Waals surface area contributed by atoms with Gasteiger partial charge in [-0.25, -0.2) is 0 Å². The van der Waals surface area contributed by atoms with E-state index < -0.39 is 4.92 Å². The fraction of sp³-hybridized carbons (Fsp3) is 0.250. The highest BCUT2D eigenvalue weighted by Gasteiger charge is 2.16. The van der Waals surface area contributed by atoms with Gasteiger partial charge in [0.25, 0.3) is 5.69 Å². The number of nitrogens with one attached hydrogen (secondary N) is 2. The molecule has 14 heavy (non-hydrogen) atoms. The summed E-state index contributed by atoms with van der Waals surface area (Å²) in [6.45, 7) is 0. The lowest BCUT2D eigenvalue weighted by Gasteiger charge is -2.07. The van der Waals surface area contributed by atoms with Gasteiger partial charge in [-0.2, -0.15) is 0 Å². The van der Waals surface area contributed by atoms with Crippen LogP contribution in [0.2, 0.25) is 5.02 Å². The Bertz CT molecular complexity index is 368. The molecule has 0 unspecified atom stereocenters. The van der Waals surface area contributed by atoms with Gasteiger partial charge in [-0.1, -0.05) is 11.6 Å². The molecule has 0 aromatic heterocycles. The molecule has 2 N–H and O–H groups in total. The van der Waals surface area contributed by atoms with Crippen LogP contribution < -0.4 is 10.6 Å². The number of hydrogen-bond acceptors (Lipinski definition) is 4. The minimum absolute atomic E-state index is 0.108. The molecule has 0 heterocycles. The standard InChI is InChI=1S/C8H10ClN3O2/c1-10-5-3-6(11-2)8(9)7(4-5)12(13)14/h3-4,10-11H,1-2H3. The average molecular weight is 216 g/mol. The largest absolute Gasteiger partial charge is 0.388 e. The third-order valence-corrected chi connectivity index (χ3v) is 2.21. The molecule has 76 valence electrons. The molecule has 0 aliphatic carbocycles. The van der Waals surface area contributed by atoms with Gasteiger partial charge in [0.15, 0.2) is 0 Å². The first-order chi connectivity index (χ1) is 6.60. The second-order valence-corrected chi connectivity index (χ2v) is 2.99. The molecule has 0 amide bonds. The van der Waals surface area contributed by atoms with E-state index in [4.69, 9.17) is 11.6 Å². The summed E-state index contributed by atoms with van der Waals surface area (Å²) >= 11 is 5.80. The normalized spacial score (nSPS) is 9.64. The van der Waals surface area contributed by atoms with Crippen molar-refractivity contribution in [3.63, 3.8) is 0 Å². The van der Waals surface area contributed by atoms with E-state index in [1.165, 1.54) is 6.07 Å². The molecule has 0 saturated heterocycles. The van der Waals surface area contributed by atoms with E-state index in [9.17, 15) is 10.1 Å². The van der Waals surface area contributed by atoms with Crippen molar-refractivity contribution in [2.45, 2.75) is 0 Å². The second-order valence-electron chi connectivity index (χ2n) is 2.61. The first kappa shape index (κ1) is 10.6. The summed E-state index contributed by atoms with van der Waals surface area (Å²) in [5.41, 5.74) is 1.07. The van der Waals surface area contributed by atoms with Gasteiger partial charge in [0, 0.05) is 25.8 Å². The van der Waals surface area contributed by atoms with Crippen LogP contribution in [0.25, 0.3) is 0 Å². The Morgan fingerprint density at radius 2 is 2.00 bits per heavy atom. The third-order valence-electron chi connectivity index (χ3n) is 1.81. The third kappa shape index (κ3) is 1.88. The predicted molar refractivity (Wildman–Crippen MR) is 57.2 cm³/mol. The van der Waals surface area contributed by atoms with Crippen molar-refractivity contribution in [2.24, 2.45) is 0 Å². The van der Waals surface area contributed by atoms with Gasteiger partial charge >= 0.3 is 0 Å². The number of benzene rings is 1. The van der Waals surface area contributed by atoms with E-state index in [1.54, 1.807) is 20.2 Å². The molecule has 0 saturated carbocycles. The minimum atomic E-state index is -0.510. The lowest BCUT2D eigenvalue weighted by molar-refractivity contribution is -0.384. The van der Waals surface area contributed by atoms with Gasteiger partial charge in [-0.3, -0.25) is 10.1 Å². The van der Waals surface area contributed by atoms with Crippen molar-refractivity contribution in [2.75, 3.05) is 24.7 Å². The zero-order valence-corrected chi connectivity index (χ0v) is 8.55. The number of anilines is 2. The molecule has 0 bridgehead atoms. The highest BCUT2D eigenvalue weighted by atomic mass is 35.5. The number of nitrogens with zero attached hydrogens (tertiary/aromatic N) is 1. The maximum absolute atomic E-state index is 10.6.